The highest BCUT2D eigenvalue weighted by Crippen LogP contribution is 2.26. The van der Waals surface area contributed by atoms with Crippen molar-refractivity contribution in [2.45, 2.75) is 45.2 Å². The quantitative estimate of drug-likeness (QED) is 0.780. The normalized spacial score (nSPS) is 22.3. The van der Waals surface area contributed by atoms with Crippen LogP contribution in [0.25, 0.3) is 0 Å². The summed E-state index contributed by atoms with van der Waals surface area (Å²) in [6.07, 6.45) is 2.36. The number of hydrogen-bond donors (Lipinski definition) is 1. The van der Waals surface area contributed by atoms with E-state index in [1.807, 2.05) is 0 Å². The van der Waals surface area contributed by atoms with E-state index in [-0.39, 0.29) is 5.54 Å². The van der Waals surface area contributed by atoms with Crippen LogP contribution in [-0.4, -0.2) is 43.3 Å². The molecule has 1 aromatic rings. The molecule has 0 amide bonds. The van der Waals surface area contributed by atoms with Gasteiger partial charge in [0.05, 0.1) is 6.61 Å². The first kappa shape index (κ1) is 16.5. The summed E-state index contributed by atoms with van der Waals surface area (Å²) in [6.45, 7) is 11.6. The van der Waals surface area contributed by atoms with E-state index in [0.717, 1.165) is 39.3 Å². The number of unbranched alkanes of at least 4 members (excludes halogenated alkanes) is 1. The van der Waals surface area contributed by atoms with Gasteiger partial charge in [-0.1, -0.05) is 43.7 Å². The van der Waals surface area contributed by atoms with Crippen molar-refractivity contribution in [3.05, 3.63) is 35.9 Å². The van der Waals surface area contributed by atoms with Crippen LogP contribution in [0.1, 0.15) is 45.2 Å². The van der Waals surface area contributed by atoms with Gasteiger partial charge in [0.1, 0.15) is 0 Å². The Hall–Kier alpha value is -0.900. The minimum Gasteiger partial charge on any atom is -0.380 e. The first-order valence-corrected chi connectivity index (χ1v) is 8.24. The lowest BCUT2D eigenvalue weighted by molar-refractivity contribution is 0.0481. The maximum Gasteiger partial charge on any atom is 0.0593 e. The number of piperazine rings is 1. The summed E-state index contributed by atoms with van der Waals surface area (Å²) >= 11 is 0. The molecule has 3 nitrogen and oxygen atoms in total. The fraction of sp³-hybridized carbons (Fsp3) is 0.667. The third-order valence-corrected chi connectivity index (χ3v) is 4.16. The van der Waals surface area contributed by atoms with Crippen LogP contribution in [0.15, 0.2) is 30.3 Å². The van der Waals surface area contributed by atoms with Gasteiger partial charge in [-0.25, -0.2) is 0 Å². The average Bonchev–Trinajstić information content (AvgIpc) is 2.47. The lowest BCUT2D eigenvalue weighted by Gasteiger charge is -2.44. The molecule has 1 atom stereocenters. The smallest absolute Gasteiger partial charge is 0.0593 e. The van der Waals surface area contributed by atoms with Gasteiger partial charge in [0.25, 0.3) is 0 Å². The summed E-state index contributed by atoms with van der Waals surface area (Å²) in [4.78, 5) is 2.57. The van der Waals surface area contributed by atoms with E-state index in [0.29, 0.717) is 6.04 Å². The first-order valence-electron chi connectivity index (χ1n) is 8.24. The van der Waals surface area contributed by atoms with Crippen molar-refractivity contribution in [1.29, 1.82) is 0 Å². The van der Waals surface area contributed by atoms with Crippen molar-refractivity contribution in [1.82, 2.24) is 10.2 Å². The Bertz CT molecular complexity index is 405. The fourth-order valence-corrected chi connectivity index (χ4v) is 2.94. The molecule has 1 heterocycles. The van der Waals surface area contributed by atoms with Crippen LogP contribution >= 0.6 is 0 Å². The van der Waals surface area contributed by atoms with Crippen molar-refractivity contribution >= 4 is 0 Å². The second kappa shape index (κ2) is 7.92. The zero-order valence-electron chi connectivity index (χ0n) is 13.8. The fourth-order valence-electron chi connectivity index (χ4n) is 2.94. The molecule has 1 saturated heterocycles. The lowest BCUT2D eigenvalue weighted by atomic mass is 9.95. The molecular formula is C18H30N2O. The van der Waals surface area contributed by atoms with Crippen LogP contribution in [-0.2, 0) is 4.74 Å². The Morgan fingerprint density at radius 2 is 2.00 bits per heavy atom. The molecule has 0 saturated carbocycles. The maximum atomic E-state index is 5.77. The van der Waals surface area contributed by atoms with Crippen molar-refractivity contribution in [2.24, 2.45) is 0 Å². The number of nitrogens with zero attached hydrogens (tertiary/aromatic N) is 1. The van der Waals surface area contributed by atoms with Crippen LogP contribution < -0.4 is 5.32 Å². The molecule has 1 aliphatic rings. The van der Waals surface area contributed by atoms with Crippen LogP contribution in [0.3, 0.4) is 0 Å². The largest absolute Gasteiger partial charge is 0.380 e. The molecule has 3 heteroatoms. The lowest BCUT2D eigenvalue weighted by Crippen LogP contribution is -2.58. The number of rotatable bonds is 7. The minimum atomic E-state index is 0.175. The molecule has 118 valence electrons. The summed E-state index contributed by atoms with van der Waals surface area (Å²) < 4.78 is 5.77. The molecule has 1 aromatic carbocycles. The molecule has 2 rings (SSSR count). The standard InChI is InChI=1S/C18H30N2O/c1-4-5-12-21-13-11-20-15-18(2,3)19-14-17(20)16-9-7-6-8-10-16/h6-10,17,19H,4-5,11-15H2,1-3H3. The van der Waals surface area contributed by atoms with E-state index in [2.05, 4.69) is 61.3 Å². The van der Waals surface area contributed by atoms with Crippen LogP contribution in [0, 0.1) is 0 Å². The van der Waals surface area contributed by atoms with E-state index in [1.54, 1.807) is 0 Å². The number of benzene rings is 1. The number of nitrogens with one attached hydrogen (secondary N) is 1. The van der Waals surface area contributed by atoms with Crippen molar-refractivity contribution in [3.8, 4) is 0 Å². The molecule has 0 aliphatic carbocycles. The molecule has 0 bridgehead atoms. The molecule has 1 aliphatic heterocycles. The Kier molecular flexibility index (Phi) is 6.22. The minimum absolute atomic E-state index is 0.175. The number of ether oxygens (including phenoxy) is 1. The molecule has 0 radical (unpaired) electrons. The predicted molar refractivity (Wildman–Crippen MR) is 88.6 cm³/mol. The average molecular weight is 290 g/mol. The monoisotopic (exact) mass is 290 g/mol. The highest BCUT2D eigenvalue weighted by Gasteiger charge is 2.32. The Morgan fingerprint density at radius 3 is 2.71 bits per heavy atom. The van der Waals surface area contributed by atoms with E-state index in [4.69, 9.17) is 4.74 Å². The van der Waals surface area contributed by atoms with Gasteiger partial charge in [-0.3, -0.25) is 4.90 Å². The van der Waals surface area contributed by atoms with Gasteiger partial charge >= 0.3 is 0 Å². The van der Waals surface area contributed by atoms with Gasteiger partial charge in [0.15, 0.2) is 0 Å². The topological polar surface area (TPSA) is 24.5 Å². The molecule has 0 aromatic heterocycles. The van der Waals surface area contributed by atoms with Crippen molar-refractivity contribution in [3.63, 3.8) is 0 Å². The summed E-state index contributed by atoms with van der Waals surface area (Å²) in [5, 5.41) is 3.67. The van der Waals surface area contributed by atoms with Gasteiger partial charge < -0.3 is 10.1 Å². The molecule has 21 heavy (non-hydrogen) atoms. The summed E-state index contributed by atoms with van der Waals surface area (Å²) in [5.74, 6) is 0. The Labute approximate surface area is 129 Å². The zero-order valence-corrected chi connectivity index (χ0v) is 13.8. The van der Waals surface area contributed by atoms with E-state index < -0.39 is 0 Å². The predicted octanol–water partition coefficient (Wildman–Crippen LogP) is 3.23. The van der Waals surface area contributed by atoms with Crippen LogP contribution in [0.2, 0.25) is 0 Å². The highest BCUT2D eigenvalue weighted by atomic mass is 16.5. The Morgan fingerprint density at radius 1 is 1.24 bits per heavy atom. The van der Waals surface area contributed by atoms with Gasteiger partial charge in [-0.05, 0) is 25.8 Å². The summed E-state index contributed by atoms with van der Waals surface area (Å²) in [7, 11) is 0. The van der Waals surface area contributed by atoms with Gasteiger partial charge in [-0.2, -0.15) is 0 Å². The van der Waals surface area contributed by atoms with Crippen LogP contribution in [0.4, 0.5) is 0 Å². The summed E-state index contributed by atoms with van der Waals surface area (Å²) in [5.41, 5.74) is 1.57. The number of hydrogen-bond acceptors (Lipinski definition) is 3. The first-order chi connectivity index (χ1) is 10.1. The van der Waals surface area contributed by atoms with E-state index in [9.17, 15) is 0 Å². The third kappa shape index (κ3) is 5.10. The Balaban J connectivity index is 1.94. The zero-order chi connectivity index (χ0) is 15.1. The molecule has 1 fully saturated rings. The molecule has 1 unspecified atom stereocenters. The van der Waals surface area contributed by atoms with E-state index >= 15 is 0 Å². The molecule has 1 N–H and O–H groups in total. The SMILES string of the molecule is CCCCOCCN1CC(C)(C)NCC1c1ccccc1. The van der Waals surface area contributed by atoms with Crippen molar-refractivity contribution in [2.75, 3.05) is 32.8 Å². The highest BCUT2D eigenvalue weighted by molar-refractivity contribution is 5.20. The van der Waals surface area contributed by atoms with Crippen LogP contribution in [0.5, 0.6) is 0 Å². The molecular weight excluding hydrogens is 260 g/mol. The van der Waals surface area contributed by atoms with Gasteiger partial charge in [-0.15, -0.1) is 0 Å². The molecule has 0 spiro atoms. The summed E-state index contributed by atoms with van der Waals surface area (Å²) in [6, 6.07) is 11.3. The third-order valence-electron chi connectivity index (χ3n) is 4.16. The van der Waals surface area contributed by atoms with Crippen molar-refractivity contribution < 1.29 is 4.74 Å². The second-order valence-electron chi connectivity index (χ2n) is 6.63. The maximum absolute atomic E-state index is 5.77. The second-order valence-corrected chi connectivity index (χ2v) is 6.63. The van der Waals surface area contributed by atoms with E-state index in [1.165, 1.54) is 12.0 Å². The van der Waals surface area contributed by atoms with Gasteiger partial charge in [0, 0.05) is 37.8 Å². The van der Waals surface area contributed by atoms with Gasteiger partial charge in [0.2, 0.25) is 0 Å².